The number of rotatable bonds is 9. The molecule has 1 aromatic heterocycles. The lowest BCUT2D eigenvalue weighted by Gasteiger charge is -2.45. The Balaban J connectivity index is 1.74. The third-order valence-electron chi connectivity index (χ3n) is 8.61. The first-order valence-corrected chi connectivity index (χ1v) is 18.0. The van der Waals surface area contributed by atoms with Crippen molar-refractivity contribution < 1.29 is 28.3 Å². The molecule has 2 aromatic rings. The zero-order valence-corrected chi connectivity index (χ0v) is 27.9. The molecule has 9 nitrogen and oxygen atoms in total. The van der Waals surface area contributed by atoms with Crippen LogP contribution in [-0.2, 0) is 29.9 Å². The van der Waals surface area contributed by atoms with Gasteiger partial charge in [-0.3, -0.25) is 9.36 Å². The minimum atomic E-state index is -2.04. The molecule has 1 aromatic carbocycles. The van der Waals surface area contributed by atoms with Gasteiger partial charge in [0.25, 0.3) is 0 Å². The normalized spacial score (nSPS) is 20.7. The highest BCUT2D eigenvalue weighted by molar-refractivity contribution is 6.74. The zero-order chi connectivity index (χ0) is 31.5. The van der Waals surface area contributed by atoms with Gasteiger partial charge in [0.1, 0.15) is 11.6 Å². The van der Waals surface area contributed by atoms with E-state index in [-0.39, 0.29) is 41.9 Å². The molecule has 0 bridgehead atoms. The number of benzene rings is 1. The molecule has 10 heteroatoms. The number of amides is 1. The summed E-state index contributed by atoms with van der Waals surface area (Å²) in [6, 6.07) is 6.46. The summed E-state index contributed by atoms with van der Waals surface area (Å²) in [6.45, 7) is 16.5. The van der Waals surface area contributed by atoms with Gasteiger partial charge in [0.2, 0.25) is 5.91 Å². The lowest BCUT2D eigenvalue weighted by molar-refractivity contribution is -0.145. The average Bonchev–Trinajstić information content (AvgIpc) is 3.25. The van der Waals surface area contributed by atoms with Crippen molar-refractivity contribution in [2.75, 3.05) is 7.11 Å². The molecular weight excluding hydrogens is 550 g/mol. The molecule has 4 atom stereocenters. The van der Waals surface area contributed by atoms with Gasteiger partial charge >= 0.3 is 12.1 Å². The molecule has 0 radical (unpaired) electrons. The molecule has 0 aliphatic heterocycles. The van der Waals surface area contributed by atoms with E-state index >= 15 is 0 Å². The molecule has 42 heavy (non-hydrogen) atoms. The molecule has 1 saturated carbocycles. The van der Waals surface area contributed by atoms with Crippen LogP contribution in [0, 0.1) is 5.92 Å². The van der Waals surface area contributed by atoms with Gasteiger partial charge in [0, 0.05) is 30.5 Å². The van der Waals surface area contributed by atoms with Crippen molar-refractivity contribution in [2.24, 2.45) is 11.7 Å². The fourth-order valence-electron chi connectivity index (χ4n) is 5.32. The number of para-hydroxylation sites is 1. The van der Waals surface area contributed by atoms with E-state index in [1.807, 2.05) is 45.0 Å². The summed E-state index contributed by atoms with van der Waals surface area (Å²) < 4.78 is 18.9. The van der Waals surface area contributed by atoms with E-state index in [2.05, 4.69) is 39.2 Å². The number of hydrogen-bond acceptors (Lipinski definition) is 7. The van der Waals surface area contributed by atoms with Gasteiger partial charge in [-0.15, -0.1) is 0 Å². The Labute approximate surface area is 252 Å². The van der Waals surface area contributed by atoms with Gasteiger partial charge in [-0.2, -0.15) is 0 Å². The van der Waals surface area contributed by atoms with Gasteiger partial charge in [0.15, 0.2) is 8.32 Å². The third kappa shape index (κ3) is 8.45. The van der Waals surface area contributed by atoms with Gasteiger partial charge in [0.05, 0.1) is 18.7 Å². The summed E-state index contributed by atoms with van der Waals surface area (Å²) in [6.07, 6.45) is 5.03. The molecule has 1 aliphatic rings. The van der Waals surface area contributed by atoms with E-state index in [0.29, 0.717) is 11.9 Å². The number of ether oxygens (including phenoxy) is 2. The molecule has 234 valence electrons. The van der Waals surface area contributed by atoms with Crippen LogP contribution in [0.5, 0.6) is 0 Å². The maximum atomic E-state index is 13.2. The summed E-state index contributed by atoms with van der Waals surface area (Å²) in [5.41, 5.74) is 7.28. The second-order valence-corrected chi connectivity index (χ2v) is 18.9. The number of methoxy groups -OCH3 is 1. The monoisotopic (exact) mass is 601 g/mol. The Morgan fingerprint density at radius 1 is 1.10 bits per heavy atom. The quantitative estimate of drug-likeness (QED) is 0.270. The number of nitrogens with two attached hydrogens (primary N) is 1. The van der Waals surface area contributed by atoms with Gasteiger partial charge < -0.3 is 25.0 Å². The SMILES string of the molecule is COC(=O)[C@H](Cc1cn(C(=O)OC(C)(C)C)c2ccccc12)NC(=O)CC[C@H]1CCC[C@@H](N)C1O[Si](C)(C)C(C)(C)C. The van der Waals surface area contributed by atoms with Gasteiger partial charge in [-0.1, -0.05) is 45.4 Å². The Morgan fingerprint density at radius 2 is 1.76 bits per heavy atom. The molecular formula is C32H51N3O6Si. The van der Waals surface area contributed by atoms with E-state index in [4.69, 9.17) is 19.6 Å². The number of esters is 1. The predicted molar refractivity (Wildman–Crippen MR) is 168 cm³/mol. The van der Waals surface area contributed by atoms with Crippen molar-refractivity contribution in [1.82, 2.24) is 9.88 Å². The van der Waals surface area contributed by atoms with Crippen molar-refractivity contribution in [2.45, 2.75) is 122 Å². The summed E-state index contributed by atoms with van der Waals surface area (Å²) in [4.78, 5) is 38.9. The molecule has 1 fully saturated rings. The van der Waals surface area contributed by atoms with E-state index in [1.165, 1.54) is 11.7 Å². The number of aromatic nitrogens is 1. The lowest BCUT2D eigenvalue weighted by atomic mass is 9.81. The summed E-state index contributed by atoms with van der Waals surface area (Å²) in [5, 5.41) is 3.75. The van der Waals surface area contributed by atoms with Crippen molar-refractivity contribution >= 4 is 37.2 Å². The van der Waals surface area contributed by atoms with E-state index in [1.54, 1.807) is 6.20 Å². The molecule has 1 aliphatic carbocycles. The number of nitrogens with zero attached hydrogens (tertiary/aromatic N) is 1. The minimum absolute atomic E-state index is 0.0500. The van der Waals surface area contributed by atoms with E-state index < -0.39 is 32.0 Å². The number of hydrogen-bond donors (Lipinski definition) is 2. The van der Waals surface area contributed by atoms with E-state index in [9.17, 15) is 14.4 Å². The van der Waals surface area contributed by atoms with Gasteiger partial charge in [-0.25, -0.2) is 9.59 Å². The van der Waals surface area contributed by atoms with Crippen LogP contribution in [0.2, 0.25) is 18.1 Å². The maximum absolute atomic E-state index is 13.2. The largest absolute Gasteiger partial charge is 0.467 e. The number of carbonyl (C=O) groups is 3. The van der Waals surface area contributed by atoms with Crippen LogP contribution >= 0.6 is 0 Å². The summed E-state index contributed by atoms with van der Waals surface area (Å²) >= 11 is 0. The highest BCUT2D eigenvalue weighted by Crippen LogP contribution is 2.41. The molecule has 3 N–H and O–H groups in total. The Hall–Kier alpha value is -2.69. The number of fused-ring (bicyclic) bond motifs is 1. The molecule has 1 amide bonds. The lowest BCUT2D eigenvalue weighted by Crippen LogP contribution is -2.53. The Morgan fingerprint density at radius 3 is 2.38 bits per heavy atom. The standard InChI is InChI=1S/C32H51N3O6Si/c1-31(2,3)40-30(38)35-20-22(23-14-10-11-16-26(23)35)19-25(29(37)39-7)34-27(36)18-17-21-13-12-15-24(33)28(21)41-42(8,9)32(4,5)6/h10-11,14,16,20-21,24-25,28H,12-13,15,17-19,33H2,1-9H3,(H,34,36)/t21-,24-,25+,28?/m1/s1. The third-order valence-corrected chi connectivity index (χ3v) is 13.1. The van der Waals surface area contributed by atoms with Crippen LogP contribution in [0.15, 0.2) is 30.5 Å². The Bertz CT molecular complexity index is 1260. The van der Waals surface area contributed by atoms with Crippen LogP contribution in [0.3, 0.4) is 0 Å². The summed E-state index contributed by atoms with van der Waals surface area (Å²) in [7, 11) is -0.737. The van der Waals surface area contributed by atoms with Gasteiger partial charge in [-0.05, 0) is 75.7 Å². The molecule has 1 heterocycles. The van der Waals surface area contributed by atoms with Crippen molar-refractivity contribution in [3.8, 4) is 0 Å². The fourth-order valence-corrected chi connectivity index (χ4v) is 6.72. The van der Waals surface area contributed by atoms with Crippen molar-refractivity contribution in [1.29, 1.82) is 0 Å². The van der Waals surface area contributed by atoms with Crippen molar-refractivity contribution in [3.05, 3.63) is 36.0 Å². The molecule has 1 unspecified atom stereocenters. The highest BCUT2D eigenvalue weighted by atomic mass is 28.4. The number of nitrogens with one attached hydrogen (secondary N) is 1. The smallest absolute Gasteiger partial charge is 0.419 e. The fraction of sp³-hybridized carbons (Fsp3) is 0.656. The predicted octanol–water partition coefficient (Wildman–Crippen LogP) is 5.92. The average molecular weight is 602 g/mol. The second kappa shape index (κ2) is 13.3. The minimum Gasteiger partial charge on any atom is -0.467 e. The topological polar surface area (TPSA) is 122 Å². The number of carbonyl (C=O) groups excluding carboxylic acids is 3. The Kier molecular flexibility index (Phi) is 10.7. The first-order valence-electron chi connectivity index (χ1n) is 15.1. The molecule has 3 rings (SSSR count). The zero-order valence-electron chi connectivity index (χ0n) is 26.9. The maximum Gasteiger partial charge on any atom is 0.419 e. The van der Waals surface area contributed by atoms with Crippen LogP contribution < -0.4 is 11.1 Å². The first kappa shape index (κ1) is 33.8. The van der Waals surface area contributed by atoms with Crippen molar-refractivity contribution in [3.63, 3.8) is 0 Å². The van der Waals surface area contributed by atoms with Crippen LogP contribution in [0.25, 0.3) is 10.9 Å². The van der Waals surface area contributed by atoms with Crippen LogP contribution in [-0.4, -0.2) is 61.8 Å². The van der Waals surface area contributed by atoms with E-state index in [0.717, 1.165) is 30.2 Å². The molecule has 0 spiro atoms. The van der Waals surface area contributed by atoms with Crippen LogP contribution in [0.4, 0.5) is 4.79 Å². The highest BCUT2D eigenvalue weighted by Gasteiger charge is 2.43. The molecule has 0 saturated heterocycles. The second-order valence-electron chi connectivity index (χ2n) is 14.1. The van der Waals surface area contributed by atoms with Crippen LogP contribution in [0.1, 0.15) is 79.2 Å². The first-order chi connectivity index (χ1) is 19.4. The summed E-state index contributed by atoms with van der Waals surface area (Å²) in [5.74, 6) is -0.597.